The predicted molar refractivity (Wildman–Crippen MR) is 43.2 cm³/mol. The number of rotatable bonds is 2. The lowest BCUT2D eigenvalue weighted by atomic mass is 10.1. The van der Waals surface area contributed by atoms with Gasteiger partial charge in [-0.2, -0.15) is 13.2 Å². The van der Waals surface area contributed by atoms with Gasteiger partial charge in [-0.25, -0.2) is 0 Å². The van der Waals surface area contributed by atoms with Gasteiger partial charge in [0.25, 0.3) is 0 Å². The van der Waals surface area contributed by atoms with Crippen molar-refractivity contribution < 1.29 is 13.2 Å². The molecule has 13 heavy (non-hydrogen) atoms. The van der Waals surface area contributed by atoms with Crippen LogP contribution in [0.15, 0.2) is 17.3 Å². The monoisotopic (exact) mass is 193 g/mol. The van der Waals surface area contributed by atoms with Crippen LogP contribution in [0.3, 0.4) is 0 Å². The molecule has 3 N–H and O–H groups in total. The summed E-state index contributed by atoms with van der Waals surface area (Å²) >= 11 is 0. The molecular weight excluding hydrogens is 183 g/mol. The zero-order valence-electron chi connectivity index (χ0n) is 6.80. The van der Waals surface area contributed by atoms with Gasteiger partial charge in [-0.05, 0) is 12.6 Å². The first-order valence-electron chi connectivity index (χ1n) is 3.77. The minimum absolute atomic E-state index is 0.0717. The molecule has 74 valence electrons. The molecule has 0 saturated carbocycles. The van der Waals surface area contributed by atoms with Crippen LogP contribution in [-0.4, -0.2) is 24.6 Å². The second-order valence-corrected chi connectivity index (χ2v) is 2.68. The quantitative estimate of drug-likeness (QED) is 0.680. The molecule has 1 unspecified atom stereocenters. The number of nitrogens with one attached hydrogen (secondary N) is 1. The Morgan fingerprint density at radius 2 is 2.15 bits per heavy atom. The number of hydrogen-bond donors (Lipinski definition) is 2. The third-order valence-electron chi connectivity index (χ3n) is 1.77. The van der Waals surface area contributed by atoms with Crippen molar-refractivity contribution in [2.45, 2.75) is 18.3 Å². The van der Waals surface area contributed by atoms with Gasteiger partial charge in [0, 0.05) is 18.8 Å². The van der Waals surface area contributed by atoms with E-state index in [9.17, 15) is 13.2 Å². The molecular formula is C7H10F3N3. The maximum atomic E-state index is 12.5. The summed E-state index contributed by atoms with van der Waals surface area (Å²) in [7, 11) is 0. The average Bonchev–Trinajstić information content (AvgIpc) is 2.04. The summed E-state index contributed by atoms with van der Waals surface area (Å²) in [4.78, 5) is 3.39. The van der Waals surface area contributed by atoms with Gasteiger partial charge in [0.05, 0.1) is 0 Å². The van der Waals surface area contributed by atoms with E-state index in [1.54, 1.807) is 0 Å². The Morgan fingerprint density at radius 3 is 2.54 bits per heavy atom. The smallest absolute Gasteiger partial charge is 0.360 e. The van der Waals surface area contributed by atoms with Gasteiger partial charge < -0.3 is 11.1 Å². The molecule has 1 rings (SSSR count). The van der Waals surface area contributed by atoms with E-state index in [0.29, 0.717) is 0 Å². The number of nitrogens with two attached hydrogens (primary N) is 1. The highest BCUT2D eigenvalue weighted by Crippen LogP contribution is 2.34. The van der Waals surface area contributed by atoms with Crippen LogP contribution >= 0.6 is 0 Å². The van der Waals surface area contributed by atoms with Gasteiger partial charge in [-0.15, -0.1) is 0 Å². The van der Waals surface area contributed by atoms with Crippen LogP contribution < -0.4 is 11.1 Å². The molecule has 1 aliphatic heterocycles. The second-order valence-electron chi connectivity index (χ2n) is 2.68. The van der Waals surface area contributed by atoms with Gasteiger partial charge in [0.2, 0.25) is 5.66 Å². The minimum atomic E-state index is -4.42. The van der Waals surface area contributed by atoms with Crippen LogP contribution in [-0.2, 0) is 0 Å². The average molecular weight is 193 g/mol. The number of alkyl halides is 3. The SMILES string of the molecule is NCCC1(C(F)(F)F)N=CC=CN1. The first-order valence-corrected chi connectivity index (χ1v) is 3.77. The van der Waals surface area contributed by atoms with Gasteiger partial charge in [0.1, 0.15) is 0 Å². The molecule has 0 spiro atoms. The third-order valence-corrected chi connectivity index (χ3v) is 1.77. The molecule has 0 saturated heterocycles. The number of aliphatic imine (C=N–C) groups is 1. The van der Waals surface area contributed by atoms with E-state index in [-0.39, 0.29) is 13.0 Å². The second kappa shape index (κ2) is 3.37. The molecule has 0 aliphatic carbocycles. The number of allylic oxidation sites excluding steroid dienone is 1. The van der Waals surface area contributed by atoms with Crippen LogP contribution in [0, 0.1) is 0 Å². The Hall–Kier alpha value is -1.04. The molecule has 0 aromatic carbocycles. The van der Waals surface area contributed by atoms with E-state index in [0.717, 1.165) is 6.21 Å². The molecule has 0 aromatic heterocycles. The summed E-state index contributed by atoms with van der Waals surface area (Å²) < 4.78 is 37.6. The van der Waals surface area contributed by atoms with Crippen LogP contribution in [0.1, 0.15) is 6.42 Å². The topological polar surface area (TPSA) is 50.4 Å². The molecule has 1 aliphatic rings. The predicted octanol–water partition coefficient (Wildman–Crippen LogP) is 0.781. The lowest BCUT2D eigenvalue weighted by Crippen LogP contribution is -2.55. The number of nitrogens with zero attached hydrogens (tertiary/aromatic N) is 1. The normalized spacial score (nSPS) is 27.4. The Labute approximate surface area is 73.5 Å². The Balaban J connectivity index is 2.88. The number of hydrogen-bond acceptors (Lipinski definition) is 3. The highest BCUT2D eigenvalue weighted by Gasteiger charge is 2.54. The third kappa shape index (κ3) is 1.82. The van der Waals surface area contributed by atoms with Gasteiger partial charge >= 0.3 is 6.18 Å². The molecule has 0 aromatic rings. The summed E-state index contributed by atoms with van der Waals surface area (Å²) in [6.45, 7) is -0.0717. The zero-order valence-corrected chi connectivity index (χ0v) is 6.80. The van der Waals surface area contributed by atoms with Crippen molar-refractivity contribution in [3.05, 3.63) is 12.3 Å². The van der Waals surface area contributed by atoms with E-state index in [1.165, 1.54) is 12.3 Å². The molecule has 0 amide bonds. The molecule has 0 radical (unpaired) electrons. The summed E-state index contributed by atoms with van der Waals surface area (Å²) in [5.74, 6) is 0. The standard InChI is InChI=1S/C7H10F3N3/c8-7(9,10)6(2-3-11)12-4-1-5-13-6/h1,4-5,12H,2-3,11H2. The van der Waals surface area contributed by atoms with Gasteiger partial charge in [0.15, 0.2) is 0 Å². The first kappa shape index (κ1) is 10.0. The van der Waals surface area contributed by atoms with Crippen molar-refractivity contribution >= 4 is 6.21 Å². The highest BCUT2D eigenvalue weighted by molar-refractivity contribution is 5.72. The summed E-state index contributed by atoms with van der Waals surface area (Å²) in [6.07, 6.45) is -0.943. The van der Waals surface area contributed by atoms with Crippen LogP contribution in [0.2, 0.25) is 0 Å². The molecule has 0 bridgehead atoms. The molecule has 1 heterocycles. The summed E-state index contributed by atoms with van der Waals surface area (Å²) in [5, 5.41) is 2.19. The van der Waals surface area contributed by atoms with Crippen molar-refractivity contribution in [1.29, 1.82) is 0 Å². The van der Waals surface area contributed by atoms with Gasteiger partial charge in [-0.3, -0.25) is 4.99 Å². The number of halogens is 3. The molecule has 1 atom stereocenters. The van der Waals surface area contributed by atoms with E-state index in [2.05, 4.69) is 10.3 Å². The van der Waals surface area contributed by atoms with Crippen LogP contribution in [0.4, 0.5) is 13.2 Å². The fourth-order valence-electron chi connectivity index (χ4n) is 1.08. The van der Waals surface area contributed by atoms with E-state index >= 15 is 0 Å². The largest absolute Gasteiger partial charge is 0.432 e. The van der Waals surface area contributed by atoms with Crippen LogP contribution in [0.5, 0.6) is 0 Å². The fraction of sp³-hybridized carbons (Fsp3) is 0.571. The van der Waals surface area contributed by atoms with Gasteiger partial charge in [-0.1, -0.05) is 0 Å². The van der Waals surface area contributed by atoms with E-state index < -0.39 is 11.8 Å². The summed E-state index contributed by atoms with van der Waals surface area (Å²) in [6, 6.07) is 0. The van der Waals surface area contributed by atoms with Crippen molar-refractivity contribution in [1.82, 2.24) is 5.32 Å². The molecule has 0 fully saturated rings. The summed E-state index contributed by atoms with van der Waals surface area (Å²) in [5.41, 5.74) is 2.88. The fourth-order valence-corrected chi connectivity index (χ4v) is 1.08. The highest BCUT2D eigenvalue weighted by atomic mass is 19.4. The van der Waals surface area contributed by atoms with Crippen molar-refractivity contribution in [3.8, 4) is 0 Å². The molecule has 3 nitrogen and oxygen atoms in total. The maximum Gasteiger partial charge on any atom is 0.432 e. The zero-order chi connectivity index (χ0) is 9.95. The molecule has 6 heteroatoms. The van der Waals surface area contributed by atoms with E-state index in [4.69, 9.17) is 5.73 Å². The van der Waals surface area contributed by atoms with Crippen molar-refractivity contribution in [2.75, 3.05) is 6.54 Å². The first-order chi connectivity index (χ1) is 6.02. The maximum absolute atomic E-state index is 12.5. The minimum Gasteiger partial charge on any atom is -0.360 e. The lowest BCUT2D eigenvalue weighted by Gasteiger charge is -2.33. The lowest BCUT2D eigenvalue weighted by molar-refractivity contribution is -0.192. The Bertz CT molecular complexity index is 234. The van der Waals surface area contributed by atoms with Crippen molar-refractivity contribution in [2.24, 2.45) is 10.7 Å². The van der Waals surface area contributed by atoms with Crippen molar-refractivity contribution in [3.63, 3.8) is 0 Å². The van der Waals surface area contributed by atoms with Crippen LogP contribution in [0.25, 0.3) is 0 Å². The Morgan fingerprint density at radius 1 is 1.46 bits per heavy atom. The Kier molecular flexibility index (Phi) is 2.60. The van der Waals surface area contributed by atoms with E-state index in [1.807, 2.05) is 0 Å².